The van der Waals surface area contributed by atoms with Gasteiger partial charge in [-0.2, -0.15) is 0 Å². The van der Waals surface area contributed by atoms with E-state index in [2.05, 4.69) is 25.7 Å². The first-order valence-corrected chi connectivity index (χ1v) is 7.78. The number of benzene rings is 1. The van der Waals surface area contributed by atoms with E-state index in [4.69, 9.17) is 0 Å². The standard InChI is InChI=1S/C17H27NO2/c1-4-17(5-2)9-11-18(12-10-17)13(3)16-14(19)7-6-8-15(16)20/h6-8,13,19-20H,4-5,9-12H2,1-3H3. The number of nitrogens with zero attached hydrogens (tertiary/aromatic N) is 1. The lowest BCUT2D eigenvalue weighted by atomic mass is 9.74. The molecule has 0 aromatic heterocycles. The smallest absolute Gasteiger partial charge is 0.124 e. The van der Waals surface area contributed by atoms with Crippen LogP contribution in [0.2, 0.25) is 0 Å². The Bertz CT molecular complexity index is 424. The number of phenols is 2. The summed E-state index contributed by atoms with van der Waals surface area (Å²) in [4.78, 5) is 2.37. The Hall–Kier alpha value is -1.22. The SMILES string of the molecule is CCC1(CC)CCN(C(C)c2c(O)cccc2O)CC1. The van der Waals surface area contributed by atoms with Crippen molar-refractivity contribution >= 4 is 0 Å². The normalized spacial score (nSPS) is 20.8. The van der Waals surface area contributed by atoms with Gasteiger partial charge in [0.25, 0.3) is 0 Å². The molecule has 1 atom stereocenters. The summed E-state index contributed by atoms with van der Waals surface area (Å²) in [5.41, 5.74) is 1.16. The molecule has 0 spiro atoms. The molecule has 0 bridgehead atoms. The average Bonchev–Trinajstić information content (AvgIpc) is 2.47. The third kappa shape index (κ3) is 2.78. The van der Waals surface area contributed by atoms with Crippen LogP contribution in [0.15, 0.2) is 18.2 Å². The summed E-state index contributed by atoms with van der Waals surface area (Å²) in [6.07, 6.45) is 4.90. The third-order valence-corrected chi connectivity index (χ3v) is 5.38. The van der Waals surface area contributed by atoms with Gasteiger partial charge in [0, 0.05) is 6.04 Å². The van der Waals surface area contributed by atoms with Crippen LogP contribution < -0.4 is 0 Å². The summed E-state index contributed by atoms with van der Waals surface area (Å²) in [6.45, 7) is 8.72. The fourth-order valence-corrected chi connectivity index (χ4v) is 3.49. The highest BCUT2D eigenvalue weighted by molar-refractivity contribution is 5.45. The molecule has 0 radical (unpaired) electrons. The third-order valence-electron chi connectivity index (χ3n) is 5.38. The lowest BCUT2D eigenvalue weighted by molar-refractivity contribution is 0.0695. The molecule has 0 amide bonds. The molecule has 1 fully saturated rings. The summed E-state index contributed by atoms with van der Waals surface area (Å²) in [7, 11) is 0. The van der Waals surface area contributed by atoms with E-state index in [9.17, 15) is 10.2 Å². The van der Waals surface area contributed by atoms with Crippen LogP contribution in [0.1, 0.15) is 58.1 Å². The van der Waals surface area contributed by atoms with Crippen LogP contribution in [0.5, 0.6) is 11.5 Å². The Balaban J connectivity index is 2.11. The van der Waals surface area contributed by atoms with Crippen molar-refractivity contribution in [2.75, 3.05) is 13.1 Å². The Morgan fingerprint density at radius 2 is 1.60 bits per heavy atom. The fourth-order valence-electron chi connectivity index (χ4n) is 3.49. The highest BCUT2D eigenvalue weighted by Gasteiger charge is 2.33. The quantitative estimate of drug-likeness (QED) is 0.872. The van der Waals surface area contributed by atoms with Gasteiger partial charge in [-0.1, -0.05) is 32.8 Å². The summed E-state index contributed by atoms with van der Waals surface area (Å²) >= 11 is 0. The molecule has 2 N–H and O–H groups in total. The van der Waals surface area contributed by atoms with E-state index >= 15 is 0 Å². The van der Waals surface area contributed by atoms with Gasteiger partial charge in [0.05, 0.1) is 5.56 Å². The molecule has 20 heavy (non-hydrogen) atoms. The number of piperidine rings is 1. The molecule has 0 aliphatic carbocycles. The number of rotatable bonds is 4. The Morgan fingerprint density at radius 1 is 1.10 bits per heavy atom. The molecule has 2 rings (SSSR count). The topological polar surface area (TPSA) is 43.7 Å². The minimum absolute atomic E-state index is 0.0583. The predicted molar refractivity (Wildman–Crippen MR) is 82.0 cm³/mol. The zero-order valence-electron chi connectivity index (χ0n) is 12.9. The molecule has 112 valence electrons. The Morgan fingerprint density at radius 3 is 2.05 bits per heavy atom. The van der Waals surface area contributed by atoms with Crippen molar-refractivity contribution < 1.29 is 10.2 Å². The molecule has 1 aromatic rings. The van der Waals surface area contributed by atoms with Gasteiger partial charge in [-0.05, 0) is 50.4 Å². The van der Waals surface area contributed by atoms with Crippen molar-refractivity contribution in [2.24, 2.45) is 5.41 Å². The van der Waals surface area contributed by atoms with Crippen molar-refractivity contribution in [3.63, 3.8) is 0 Å². The molecule has 1 aliphatic rings. The van der Waals surface area contributed by atoms with E-state index in [1.807, 2.05) is 0 Å². The van der Waals surface area contributed by atoms with Gasteiger partial charge in [-0.15, -0.1) is 0 Å². The highest BCUT2D eigenvalue weighted by atomic mass is 16.3. The average molecular weight is 277 g/mol. The second kappa shape index (κ2) is 6.04. The second-order valence-corrected chi connectivity index (χ2v) is 6.13. The van der Waals surface area contributed by atoms with Gasteiger partial charge in [0.1, 0.15) is 11.5 Å². The molecule has 3 heteroatoms. The van der Waals surface area contributed by atoms with Gasteiger partial charge in [0.2, 0.25) is 0 Å². The summed E-state index contributed by atoms with van der Waals surface area (Å²) < 4.78 is 0. The van der Waals surface area contributed by atoms with E-state index in [0.717, 1.165) is 13.1 Å². The number of aromatic hydroxyl groups is 2. The number of hydrogen-bond donors (Lipinski definition) is 2. The van der Waals surface area contributed by atoms with Crippen LogP contribution in [-0.4, -0.2) is 28.2 Å². The van der Waals surface area contributed by atoms with Crippen molar-refractivity contribution in [3.8, 4) is 11.5 Å². The Labute approximate surface area is 122 Å². The van der Waals surface area contributed by atoms with Crippen LogP contribution in [-0.2, 0) is 0 Å². The first-order valence-electron chi connectivity index (χ1n) is 7.78. The first-order chi connectivity index (χ1) is 9.53. The maximum atomic E-state index is 10.0. The molecule has 1 heterocycles. The van der Waals surface area contributed by atoms with E-state index in [1.165, 1.54) is 25.7 Å². The minimum atomic E-state index is 0.0583. The summed E-state index contributed by atoms with van der Waals surface area (Å²) in [6, 6.07) is 5.04. The molecular formula is C17H27NO2. The summed E-state index contributed by atoms with van der Waals surface area (Å²) in [5.74, 6) is 0.389. The van der Waals surface area contributed by atoms with Gasteiger partial charge in [0.15, 0.2) is 0 Å². The first kappa shape index (κ1) is 15.2. The lowest BCUT2D eigenvalue weighted by Crippen LogP contribution is -2.40. The monoisotopic (exact) mass is 277 g/mol. The van der Waals surface area contributed by atoms with Gasteiger partial charge < -0.3 is 10.2 Å². The second-order valence-electron chi connectivity index (χ2n) is 6.13. The maximum absolute atomic E-state index is 10.0. The largest absolute Gasteiger partial charge is 0.507 e. The number of likely N-dealkylation sites (tertiary alicyclic amines) is 1. The molecule has 1 aliphatic heterocycles. The van der Waals surface area contributed by atoms with E-state index in [1.54, 1.807) is 18.2 Å². The molecular weight excluding hydrogens is 250 g/mol. The molecule has 3 nitrogen and oxygen atoms in total. The van der Waals surface area contributed by atoms with Crippen molar-refractivity contribution in [3.05, 3.63) is 23.8 Å². The van der Waals surface area contributed by atoms with Crippen molar-refractivity contribution in [1.82, 2.24) is 4.90 Å². The van der Waals surface area contributed by atoms with E-state index in [-0.39, 0.29) is 17.5 Å². The molecule has 1 saturated heterocycles. The summed E-state index contributed by atoms with van der Waals surface area (Å²) in [5, 5.41) is 20.0. The zero-order valence-corrected chi connectivity index (χ0v) is 12.9. The van der Waals surface area contributed by atoms with Gasteiger partial charge >= 0.3 is 0 Å². The zero-order chi connectivity index (χ0) is 14.8. The van der Waals surface area contributed by atoms with Crippen LogP contribution in [0, 0.1) is 5.41 Å². The fraction of sp³-hybridized carbons (Fsp3) is 0.647. The minimum Gasteiger partial charge on any atom is -0.507 e. The molecule has 1 unspecified atom stereocenters. The van der Waals surface area contributed by atoms with Crippen LogP contribution in [0.4, 0.5) is 0 Å². The molecule has 1 aromatic carbocycles. The Kier molecular flexibility index (Phi) is 4.59. The number of hydrogen-bond acceptors (Lipinski definition) is 3. The van der Waals surface area contributed by atoms with Gasteiger partial charge in [-0.25, -0.2) is 0 Å². The highest BCUT2D eigenvalue weighted by Crippen LogP contribution is 2.42. The van der Waals surface area contributed by atoms with Crippen LogP contribution in [0.3, 0.4) is 0 Å². The van der Waals surface area contributed by atoms with E-state index in [0.29, 0.717) is 11.0 Å². The predicted octanol–water partition coefficient (Wildman–Crippen LogP) is 4.06. The van der Waals surface area contributed by atoms with Crippen molar-refractivity contribution in [1.29, 1.82) is 0 Å². The number of phenolic OH excluding ortho intramolecular Hbond substituents is 2. The van der Waals surface area contributed by atoms with Crippen molar-refractivity contribution in [2.45, 2.75) is 52.5 Å². The van der Waals surface area contributed by atoms with E-state index < -0.39 is 0 Å². The van der Waals surface area contributed by atoms with Gasteiger partial charge in [-0.3, -0.25) is 4.90 Å². The molecule has 0 saturated carbocycles. The van der Waals surface area contributed by atoms with Crippen LogP contribution in [0.25, 0.3) is 0 Å². The lowest BCUT2D eigenvalue weighted by Gasteiger charge is -2.43. The maximum Gasteiger partial charge on any atom is 0.124 e. The van der Waals surface area contributed by atoms with Crippen LogP contribution >= 0.6 is 0 Å².